The first-order valence-corrected chi connectivity index (χ1v) is 9.15. The van der Waals surface area contributed by atoms with Crippen LogP contribution >= 0.6 is 11.3 Å². The monoisotopic (exact) mass is 334 g/mol. The Hall–Kier alpha value is -1.45. The van der Waals surface area contributed by atoms with Crippen LogP contribution in [0.5, 0.6) is 0 Å². The first-order valence-electron chi connectivity index (χ1n) is 8.27. The molecule has 0 atom stereocenters. The molecule has 0 bridgehead atoms. The Labute approximate surface area is 142 Å². The van der Waals surface area contributed by atoms with Crippen molar-refractivity contribution in [3.63, 3.8) is 0 Å². The Morgan fingerprint density at radius 1 is 1.39 bits per heavy atom. The van der Waals surface area contributed by atoms with Gasteiger partial charge in [0.1, 0.15) is 10.5 Å². The van der Waals surface area contributed by atoms with Gasteiger partial charge in [-0.1, -0.05) is 25.7 Å². The fourth-order valence-electron chi connectivity index (χ4n) is 2.93. The summed E-state index contributed by atoms with van der Waals surface area (Å²) in [5, 5.41) is 18.7. The van der Waals surface area contributed by atoms with Gasteiger partial charge < -0.3 is 5.32 Å². The zero-order valence-corrected chi connectivity index (χ0v) is 15.1. The van der Waals surface area contributed by atoms with Crippen molar-refractivity contribution in [3.8, 4) is 6.07 Å². The number of carbonyl (C=O) groups is 1. The molecule has 2 rings (SSSR count). The minimum atomic E-state index is -0.683. The molecule has 1 amide bonds. The Morgan fingerprint density at radius 2 is 2.04 bits per heavy atom. The second-order valence-electron chi connectivity index (χ2n) is 6.93. The number of aryl methyl sites for hydroxylation is 1. The number of thiazole rings is 1. The van der Waals surface area contributed by atoms with Crippen LogP contribution in [0.2, 0.25) is 0 Å². The molecule has 1 saturated carbocycles. The summed E-state index contributed by atoms with van der Waals surface area (Å²) in [6, 6.07) is 2.35. The number of rotatable bonds is 5. The smallest absolute Gasteiger partial charge is 0.235 e. The molecule has 0 aliphatic heterocycles. The SMILES string of the molecule is Cc1csc(C(C)(C)NCC(=O)NC2(C#N)CCCCCC2)n1. The van der Waals surface area contributed by atoms with E-state index in [1.807, 2.05) is 26.2 Å². The second-order valence-corrected chi connectivity index (χ2v) is 7.79. The van der Waals surface area contributed by atoms with Gasteiger partial charge in [0, 0.05) is 11.1 Å². The summed E-state index contributed by atoms with van der Waals surface area (Å²) in [6.07, 6.45) is 5.81. The molecule has 1 aromatic heterocycles. The molecular weight excluding hydrogens is 308 g/mol. The molecule has 1 heterocycles. The molecule has 0 aromatic carbocycles. The topological polar surface area (TPSA) is 77.8 Å². The Kier molecular flexibility index (Phi) is 5.77. The van der Waals surface area contributed by atoms with Crippen LogP contribution in [0.15, 0.2) is 5.38 Å². The van der Waals surface area contributed by atoms with Crippen molar-refractivity contribution in [2.45, 2.75) is 70.4 Å². The van der Waals surface area contributed by atoms with Crippen LogP contribution in [-0.4, -0.2) is 23.0 Å². The number of hydrogen-bond acceptors (Lipinski definition) is 5. The zero-order chi connectivity index (χ0) is 16.9. The maximum Gasteiger partial charge on any atom is 0.235 e. The Balaban J connectivity index is 1.92. The summed E-state index contributed by atoms with van der Waals surface area (Å²) in [7, 11) is 0. The number of hydrogen-bond donors (Lipinski definition) is 2. The molecular formula is C17H26N4OS. The van der Waals surface area contributed by atoms with Gasteiger partial charge in [-0.2, -0.15) is 5.26 Å². The van der Waals surface area contributed by atoms with E-state index in [1.165, 1.54) is 0 Å². The van der Waals surface area contributed by atoms with Crippen LogP contribution < -0.4 is 10.6 Å². The van der Waals surface area contributed by atoms with Crippen molar-refractivity contribution in [2.75, 3.05) is 6.54 Å². The standard InChI is InChI=1S/C17H26N4OS/c1-13-11-23-15(20-13)16(2,3)19-10-14(22)21-17(12-18)8-6-4-5-7-9-17/h11,19H,4-10H2,1-3H3,(H,21,22). The quantitative estimate of drug-likeness (QED) is 0.812. The molecule has 1 fully saturated rings. The predicted molar refractivity (Wildman–Crippen MR) is 92.1 cm³/mol. The molecule has 1 aliphatic rings. The van der Waals surface area contributed by atoms with Crippen LogP contribution in [0.3, 0.4) is 0 Å². The van der Waals surface area contributed by atoms with Gasteiger partial charge in [0.2, 0.25) is 5.91 Å². The minimum Gasteiger partial charge on any atom is -0.337 e. The third kappa shape index (κ3) is 4.76. The highest BCUT2D eigenvalue weighted by atomic mass is 32.1. The highest BCUT2D eigenvalue weighted by Crippen LogP contribution is 2.27. The fraction of sp³-hybridized carbons (Fsp3) is 0.706. The first kappa shape index (κ1) is 17.9. The van der Waals surface area contributed by atoms with Gasteiger partial charge in [0.15, 0.2) is 0 Å². The lowest BCUT2D eigenvalue weighted by Gasteiger charge is -2.28. The number of aromatic nitrogens is 1. The second kappa shape index (κ2) is 7.41. The van der Waals surface area contributed by atoms with E-state index in [-0.39, 0.29) is 18.0 Å². The lowest BCUT2D eigenvalue weighted by Crippen LogP contribution is -2.51. The van der Waals surface area contributed by atoms with Crippen molar-refractivity contribution in [3.05, 3.63) is 16.1 Å². The number of amides is 1. The van der Waals surface area contributed by atoms with Gasteiger partial charge in [-0.15, -0.1) is 11.3 Å². The largest absolute Gasteiger partial charge is 0.337 e. The van der Waals surface area contributed by atoms with Gasteiger partial charge in [0.25, 0.3) is 0 Å². The highest BCUT2D eigenvalue weighted by molar-refractivity contribution is 7.09. The van der Waals surface area contributed by atoms with Crippen molar-refractivity contribution in [1.29, 1.82) is 5.26 Å². The number of carbonyl (C=O) groups excluding carboxylic acids is 1. The van der Waals surface area contributed by atoms with Crippen molar-refractivity contribution in [2.24, 2.45) is 0 Å². The summed E-state index contributed by atoms with van der Waals surface area (Å²) >= 11 is 1.59. The molecule has 0 spiro atoms. The number of nitrogens with zero attached hydrogens (tertiary/aromatic N) is 2. The molecule has 1 aliphatic carbocycles. The van der Waals surface area contributed by atoms with Crippen LogP contribution in [0.1, 0.15) is 63.1 Å². The molecule has 23 heavy (non-hydrogen) atoms. The van der Waals surface area contributed by atoms with Gasteiger partial charge in [0.05, 0.1) is 18.2 Å². The molecule has 0 unspecified atom stereocenters. The summed E-state index contributed by atoms with van der Waals surface area (Å²) in [4.78, 5) is 16.8. The maximum absolute atomic E-state index is 12.3. The van der Waals surface area contributed by atoms with E-state index < -0.39 is 5.54 Å². The highest BCUT2D eigenvalue weighted by Gasteiger charge is 2.33. The van der Waals surface area contributed by atoms with Crippen LogP contribution in [-0.2, 0) is 10.3 Å². The van der Waals surface area contributed by atoms with E-state index in [0.29, 0.717) is 0 Å². The summed E-state index contributed by atoms with van der Waals surface area (Å²) in [5.74, 6) is -0.116. The molecule has 0 radical (unpaired) electrons. The number of nitrogens with one attached hydrogen (secondary N) is 2. The predicted octanol–water partition coefficient (Wildman–Crippen LogP) is 3.01. The summed E-state index contributed by atoms with van der Waals surface area (Å²) in [6.45, 7) is 6.19. The molecule has 5 nitrogen and oxygen atoms in total. The average molecular weight is 334 g/mol. The maximum atomic E-state index is 12.3. The normalized spacial score (nSPS) is 18.0. The van der Waals surface area contributed by atoms with Gasteiger partial charge in [-0.05, 0) is 33.6 Å². The zero-order valence-electron chi connectivity index (χ0n) is 14.2. The van der Waals surface area contributed by atoms with Gasteiger partial charge >= 0.3 is 0 Å². The molecule has 2 N–H and O–H groups in total. The van der Waals surface area contributed by atoms with Crippen LogP contribution in [0.25, 0.3) is 0 Å². The fourth-order valence-corrected chi connectivity index (χ4v) is 3.82. The van der Waals surface area contributed by atoms with Gasteiger partial charge in [-0.3, -0.25) is 10.1 Å². The Bertz CT molecular complexity index is 580. The van der Waals surface area contributed by atoms with E-state index >= 15 is 0 Å². The third-order valence-electron chi connectivity index (χ3n) is 4.39. The summed E-state index contributed by atoms with van der Waals surface area (Å²) < 4.78 is 0. The van der Waals surface area contributed by atoms with E-state index in [1.54, 1.807) is 11.3 Å². The average Bonchev–Trinajstić information content (AvgIpc) is 2.82. The molecule has 6 heteroatoms. The van der Waals surface area contributed by atoms with Crippen molar-refractivity contribution < 1.29 is 4.79 Å². The first-order chi connectivity index (χ1) is 10.9. The van der Waals surface area contributed by atoms with Gasteiger partial charge in [-0.25, -0.2) is 4.98 Å². The minimum absolute atomic E-state index is 0.116. The summed E-state index contributed by atoms with van der Waals surface area (Å²) in [5.41, 5.74) is -0.0531. The van der Waals surface area contributed by atoms with E-state index in [9.17, 15) is 10.1 Å². The third-order valence-corrected chi connectivity index (χ3v) is 5.68. The van der Waals surface area contributed by atoms with Crippen LogP contribution in [0, 0.1) is 18.3 Å². The Morgan fingerprint density at radius 3 is 2.57 bits per heavy atom. The molecule has 126 valence electrons. The van der Waals surface area contributed by atoms with E-state index in [2.05, 4.69) is 21.7 Å². The number of nitriles is 1. The lowest BCUT2D eigenvalue weighted by molar-refractivity contribution is -0.122. The lowest BCUT2D eigenvalue weighted by atomic mass is 9.92. The van der Waals surface area contributed by atoms with Crippen molar-refractivity contribution >= 4 is 17.2 Å². The van der Waals surface area contributed by atoms with E-state index in [4.69, 9.17) is 0 Å². The van der Waals surface area contributed by atoms with Crippen molar-refractivity contribution in [1.82, 2.24) is 15.6 Å². The molecule has 1 aromatic rings. The van der Waals surface area contributed by atoms with Crippen LogP contribution in [0.4, 0.5) is 0 Å². The van der Waals surface area contributed by atoms with E-state index in [0.717, 1.165) is 49.2 Å². The molecule has 0 saturated heterocycles.